The number of carbonyl (C=O) groups is 6. The summed E-state index contributed by atoms with van der Waals surface area (Å²) in [6.45, 7) is 6.43. The maximum Gasteiger partial charge on any atom is 0.246 e. The van der Waals surface area contributed by atoms with Crippen molar-refractivity contribution in [1.29, 1.82) is 0 Å². The summed E-state index contributed by atoms with van der Waals surface area (Å²) < 4.78 is 0. The number of benzene rings is 3. The molecule has 13 nitrogen and oxygen atoms in total. The van der Waals surface area contributed by atoms with Gasteiger partial charge in [0.2, 0.25) is 35.4 Å². The highest BCUT2D eigenvalue weighted by Crippen LogP contribution is 2.12. The first-order valence-corrected chi connectivity index (χ1v) is 17.8. The van der Waals surface area contributed by atoms with Gasteiger partial charge >= 0.3 is 0 Å². The lowest BCUT2D eigenvalue weighted by Crippen LogP contribution is -2.60. The van der Waals surface area contributed by atoms with Crippen molar-refractivity contribution in [2.75, 3.05) is 6.61 Å². The van der Waals surface area contributed by atoms with Crippen LogP contribution in [-0.2, 0) is 48.0 Å². The van der Waals surface area contributed by atoms with E-state index in [0.29, 0.717) is 6.42 Å². The van der Waals surface area contributed by atoms with Crippen LogP contribution < -0.4 is 32.3 Å². The van der Waals surface area contributed by atoms with Crippen LogP contribution in [0.1, 0.15) is 50.8 Å². The molecule has 0 unspecified atom stereocenters. The van der Waals surface area contributed by atoms with Crippen LogP contribution in [0, 0.1) is 11.8 Å². The summed E-state index contributed by atoms with van der Waals surface area (Å²) in [6, 6.07) is 21.4. The maximum absolute atomic E-state index is 14.2. The van der Waals surface area contributed by atoms with E-state index in [1.165, 1.54) is 0 Å². The second-order valence-corrected chi connectivity index (χ2v) is 13.8. The highest BCUT2D eigenvalue weighted by atomic mass is 16.3. The molecule has 0 aromatic heterocycles. The minimum Gasteiger partial charge on any atom is -0.387 e. The number of aliphatic hydroxyl groups excluding tert-OH is 1. The lowest BCUT2D eigenvalue weighted by atomic mass is 9.98. The van der Waals surface area contributed by atoms with Crippen LogP contribution in [-0.4, -0.2) is 77.4 Å². The van der Waals surface area contributed by atoms with Crippen molar-refractivity contribution in [2.24, 2.45) is 17.6 Å². The highest BCUT2D eigenvalue weighted by Gasteiger charge is 2.33. The van der Waals surface area contributed by atoms with Crippen LogP contribution >= 0.6 is 0 Å². The minimum absolute atomic E-state index is 0.0471. The largest absolute Gasteiger partial charge is 0.387 e. The smallest absolute Gasteiger partial charge is 0.246 e. The van der Waals surface area contributed by atoms with Crippen LogP contribution in [0.4, 0.5) is 0 Å². The Balaban J connectivity index is 1.91. The van der Waals surface area contributed by atoms with Crippen LogP contribution in [0.25, 0.3) is 0 Å². The standard InChI is InChI=1S/C40H52N6O7/c1-25(2)20-30(36(41)49)43-40(53)35(26(3)4)46-39(52)33(23-29-18-12-7-13-19-29)45-38(51)32(22-28-16-10-6-11-17-28)44-37(50)31(42-34(48)24-47)21-27-14-8-5-9-15-27/h5-19,25-26,30-33,35,47H,20-24H2,1-4H3,(H2,41,49)(H,42,48)(H,43,53)(H,44,50)(H,45,51)(H,46,52)/t30-,31-,32-,33-,35-/m1/s1. The van der Waals surface area contributed by atoms with Gasteiger partial charge in [-0.2, -0.15) is 0 Å². The molecule has 0 aliphatic heterocycles. The fraction of sp³-hybridized carbons (Fsp3) is 0.400. The van der Waals surface area contributed by atoms with Crippen molar-refractivity contribution in [1.82, 2.24) is 26.6 Å². The predicted octanol–water partition coefficient (Wildman–Crippen LogP) is 1.32. The average molecular weight is 729 g/mol. The van der Waals surface area contributed by atoms with E-state index in [1.54, 1.807) is 86.6 Å². The zero-order valence-corrected chi connectivity index (χ0v) is 30.7. The first kappa shape index (κ1) is 41.9. The number of carbonyl (C=O) groups excluding carboxylic acids is 6. The summed E-state index contributed by atoms with van der Waals surface area (Å²) in [6.07, 6.45) is 0.503. The predicted molar refractivity (Wildman–Crippen MR) is 201 cm³/mol. The summed E-state index contributed by atoms with van der Waals surface area (Å²) in [4.78, 5) is 79.7. The third-order valence-electron chi connectivity index (χ3n) is 8.52. The SMILES string of the molecule is CC(C)C[C@@H](NC(=O)[C@H](NC(=O)[C@@H](Cc1ccccc1)NC(=O)[C@@H](Cc1ccccc1)NC(=O)[C@@H](Cc1ccccc1)NC(=O)CO)C(C)C)C(N)=O. The number of nitrogens with one attached hydrogen (secondary N) is 5. The van der Waals surface area contributed by atoms with Crippen LogP contribution in [0.15, 0.2) is 91.0 Å². The molecule has 0 saturated heterocycles. The Kier molecular flexibility index (Phi) is 16.7. The Morgan fingerprint density at radius 3 is 1.23 bits per heavy atom. The average Bonchev–Trinajstić information content (AvgIpc) is 3.13. The Bertz CT molecular complexity index is 1650. The van der Waals surface area contributed by atoms with Crippen LogP contribution in [0.5, 0.6) is 0 Å². The first-order valence-electron chi connectivity index (χ1n) is 17.8. The van der Waals surface area contributed by atoms with Gasteiger partial charge in [-0.25, -0.2) is 0 Å². The summed E-state index contributed by atoms with van der Waals surface area (Å²) in [5, 5.41) is 22.9. The molecule has 5 atom stereocenters. The zero-order chi connectivity index (χ0) is 38.9. The molecule has 0 aliphatic carbocycles. The van der Waals surface area contributed by atoms with E-state index < -0.39 is 78.2 Å². The first-order chi connectivity index (χ1) is 25.3. The van der Waals surface area contributed by atoms with Crippen molar-refractivity contribution in [3.8, 4) is 0 Å². The monoisotopic (exact) mass is 728 g/mol. The van der Waals surface area contributed by atoms with Gasteiger partial charge in [0.1, 0.15) is 36.8 Å². The number of aliphatic hydroxyl groups is 1. The quantitative estimate of drug-likeness (QED) is 0.0907. The van der Waals surface area contributed by atoms with Gasteiger partial charge in [-0.15, -0.1) is 0 Å². The fourth-order valence-electron chi connectivity index (χ4n) is 5.73. The third kappa shape index (κ3) is 14.2. The van der Waals surface area contributed by atoms with Gasteiger partial charge in [-0.1, -0.05) is 119 Å². The van der Waals surface area contributed by atoms with Gasteiger partial charge < -0.3 is 37.4 Å². The summed E-state index contributed by atoms with van der Waals surface area (Å²) in [5.41, 5.74) is 7.74. The minimum atomic E-state index is -1.20. The van der Waals surface area contributed by atoms with Gasteiger partial charge in [-0.05, 0) is 34.9 Å². The lowest BCUT2D eigenvalue weighted by Gasteiger charge is -2.28. The van der Waals surface area contributed by atoms with Gasteiger partial charge in [0.15, 0.2) is 0 Å². The van der Waals surface area contributed by atoms with Crippen molar-refractivity contribution in [2.45, 2.75) is 83.6 Å². The Morgan fingerprint density at radius 1 is 0.528 bits per heavy atom. The van der Waals surface area contributed by atoms with E-state index in [4.69, 9.17) is 5.73 Å². The second kappa shape index (κ2) is 21.1. The van der Waals surface area contributed by atoms with E-state index in [0.717, 1.165) is 16.7 Å². The number of hydrogen-bond donors (Lipinski definition) is 7. The Hall–Kier alpha value is -5.56. The van der Waals surface area contributed by atoms with Gasteiger partial charge in [0.05, 0.1) is 0 Å². The molecular weight excluding hydrogens is 676 g/mol. The fourth-order valence-corrected chi connectivity index (χ4v) is 5.73. The van der Waals surface area contributed by atoms with E-state index in [2.05, 4.69) is 26.6 Å². The number of rotatable bonds is 20. The highest BCUT2D eigenvalue weighted by molar-refractivity contribution is 5.96. The molecule has 0 heterocycles. The number of primary amides is 1. The van der Waals surface area contributed by atoms with Crippen molar-refractivity contribution >= 4 is 35.4 Å². The van der Waals surface area contributed by atoms with Crippen LogP contribution in [0.3, 0.4) is 0 Å². The molecule has 0 spiro atoms. The molecule has 284 valence electrons. The Morgan fingerprint density at radius 2 is 0.887 bits per heavy atom. The molecule has 0 bridgehead atoms. The third-order valence-corrected chi connectivity index (χ3v) is 8.52. The molecule has 53 heavy (non-hydrogen) atoms. The molecule has 0 aliphatic rings. The summed E-state index contributed by atoms with van der Waals surface area (Å²) >= 11 is 0. The van der Waals surface area contributed by atoms with Gasteiger partial charge in [0, 0.05) is 19.3 Å². The molecule has 0 radical (unpaired) electrons. The van der Waals surface area contributed by atoms with E-state index >= 15 is 0 Å². The lowest BCUT2D eigenvalue weighted by molar-refractivity contribution is -0.135. The summed E-state index contributed by atoms with van der Waals surface area (Å²) in [5.74, 6) is -4.39. The Labute approximate surface area is 310 Å². The maximum atomic E-state index is 14.2. The molecular formula is C40H52N6O7. The molecule has 3 aromatic rings. The zero-order valence-electron chi connectivity index (χ0n) is 30.7. The molecule has 6 amide bonds. The number of amides is 6. The number of nitrogens with two attached hydrogens (primary N) is 1. The molecule has 3 aromatic carbocycles. The van der Waals surface area contributed by atoms with E-state index in [1.807, 2.05) is 32.0 Å². The van der Waals surface area contributed by atoms with Gasteiger partial charge in [0.25, 0.3) is 0 Å². The molecule has 3 rings (SSSR count). The summed E-state index contributed by atoms with van der Waals surface area (Å²) in [7, 11) is 0. The topological polar surface area (TPSA) is 209 Å². The molecule has 8 N–H and O–H groups in total. The number of hydrogen-bond acceptors (Lipinski definition) is 7. The van der Waals surface area contributed by atoms with Gasteiger partial charge in [-0.3, -0.25) is 28.8 Å². The molecule has 0 saturated carbocycles. The molecule has 0 fully saturated rings. The van der Waals surface area contributed by atoms with Crippen LogP contribution in [0.2, 0.25) is 0 Å². The molecule has 13 heteroatoms. The normalized spacial score (nSPS) is 13.9. The van der Waals surface area contributed by atoms with Crippen molar-refractivity contribution < 1.29 is 33.9 Å². The second-order valence-electron chi connectivity index (χ2n) is 13.8. The van der Waals surface area contributed by atoms with E-state index in [9.17, 15) is 33.9 Å². The van der Waals surface area contributed by atoms with E-state index in [-0.39, 0.29) is 25.2 Å². The van der Waals surface area contributed by atoms with Crippen molar-refractivity contribution in [3.63, 3.8) is 0 Å². The van der Waals surface area contributed by atoms with Crippen molar-refractivity contribution in [3.05, 3.63) is 108 Å².